The van der Waals surface area contributed by atoms with Crippen LogP contribution in [0, 0.1) is 5.82 Å². The highest BCUT2D eigenvalue weighted by atomic mass is 19.1. The van der Waals surface area contributed by atoms with E-state index in [0.29, 0.717) is 22.9 Å². The summed E-state index contributed by atoms with van der Waals surface area (Å²) in [5.74, 6) is -1.50. The minimum Gasteiger partial charge on any atom is -0.494 e. The number of carboxylic acid groups (broad SMARTS) is 1. The number of benzene rings is 2. The van der Waals surface area contributed by atoms with E-state index < -0.39 is 11.9 Å². The molecule has 0 atom stereocenters. The van der Waals surface area contributed by atoms with Crippen LogP contribution >= 0.6 is 0 Å². The minimum absolute atomic E-state index is 0.0914. The normalized spacial score (nSPS) is 10.8. The number of methoxy groups -OCH3 is 1. The summed E-state index contributed by atoms with van der Waals surface area (Å²) in [7, 11) is 1.45. The van der Waals surface area contributed by atoms with E-state index >= 15 is 0 Å². The Morgan fingerprint density at radius 2 is 1.87 bits per heavy atom. The van der Waals surface area contributed by atoms with Crippen molar-refractivity contribution in [2.75, 3.05) is 13.7 Å². The molecule has 3 rings (SSSR count). The van der Waals surface area contributed by atoms with Gasteiger partial charge in [-0.05, 0) is 60.7 Å². The molecule has 1 N–H and O–H groups in total. The molecule has 3 aromatic rings. The Hall–Kier alpha value is -3.48. The van der Waals surface area contributed by atoms with Crippen LogP contribution in [0.3, 0.4) is 0 Å². The van der Waals surface area contributed by atoms with E-state index in [-0.39, 0.29) is 36.6 Å². The van der Waals surface area contributed by atoms with Gasteiger partial charge in [0.15, 0.2) is 5.75 Å². The van der Waals surface area contributed by atoms with Gasteiger partial charge in [-0.25, -0.2) is 9.18 Å². The van der Waals surface area contributed by atoms with Crippen LogP contribution in [0.5, 0.6) is 5.75 Å². The summed E-state index contributed by atoms with van der Waals surface area (Å²) in [5.41, 5.74) is 3.14. The summed E-state index contributed by atoms with van der Waals surface area (Å²) in [5, 5.41) is 9.83. The van der Waals surface area contributed by atoms with Crippen LogP contribution < -0.4 is 4.74 Å². The Bertz CT molecular complexity index is 1080. The van der Waals surface area contributed by atoms with Gasteiger partial charge in [0.05, 0.1) is 13.7 Å². The number of aryl methyl sites for hydroxylation is 1. The molecule has 0 unspecified atom stereocenters. The largest absolute Gasteiger partial charge is 0.494 e. The maximum absolute atomic E-state index is 13.2. The molecular weight excluding hydrogens is 389 g/mol. The van der Waals surface area contributed by atoms with Crippen molar-refractivity contribution in [2.24, 2.45) is 0 Å². The predicted octanol–water partition coefficient (Wildman–Crippen LogP) is 4.17. The van der Waals surface area contributed by atoms with Gasteiger partial charge in [0.1, 0.15) is 16.9 Å². The lowest BCUT2D eigenvalue weighted by atomic mass is 9.96. The van der Waals surface area contributed by atoms with Crippen molar-refractivity contribution in [3.63, 3.8) is 0 Å². The van der Waals surface area contributed by atoms with Crippen LogP contribution in [0.4, 0.5) is 4.39 Å². The summed E-state index contributed by atoms with van der Waals surface area (Å²) in [6.45, 7) is 1.91. The molecule has 30 heavy (non-hydrogen) atoms. The first-order valence-electron chi connectivity index (χ1n) is 9.54. The van der Waals surface area contributed by atoms with Gasteiger partial charge in [-0.3, -0.25) is 9.78 Å². The molecule has 1 aromatic heterocycles. The lowest BCUT2D eigenvalue weighted by molar-refractivity contribution is -0.136. The topological polar surface area (TPSA) is 85.7 Å². The molecular formula is C23H22FNO5. The van der Waals surface area contributed by atoms with E-state index in [9.17, 15) is 14.0 Å². The van der Waals surface area contributed by atoms with Crippen LogP contribution in [0.15, 0.2) is 42.6 Å². The number of nitrogens with zero attached hydrogens (tertiary/aromatic N) is 1. The summed E-state index contributed by atoms with van der Waals surface area (Å²) in [6.07, 6.45) is 2.34. The first-order valence-corrected chi connectivity index (χ1v) is 9.54. The highest BCUT2D eigenvalue weighted by molar-refractivity contribution is 6.01. The molecule has 156 valence electrons. The predicted molar refractivity (Wildman–Crippen MR) is 109 cm³/mol. The highest BCUT2D eigenvalue weighted by Gasteiger charge is 2.21. The fraction of sp³-hybridized carbons (Fsp3) is 0.261. The summed E-state index contributed by atoms with van der Waals surface area (Å²) >= 11 is 0. The van der Waals surface area contributed by atoms with Crippen LogP contribution in [-0.4, -0.2) is 35.7 Å². The van der Waals surface area contributed by atoms with Gasteiger partial charge in [-0.15, -0.1) is 0 Å². The van der Waals surface area contributed by atoms with E-state index in [4.69, 9.17) is 14.6 Å². The molecule has 7 heteroatoms. The molecule has 0 bridgehead atoms. The Balaban J connectivity index is 2.11. The standard InChI is InChI=1S/C23H22FNO5/c1-3-30-23(28)19-12-16(6-9-20(26)27)18-11-15(13-25-21(18)22(19)29-2)10-14-4-7-17(24)8-5-14/h4-5,7-8,11-13H,3,6,9-10H2,1-2H3,(H,26,27). The average molecular weight is 411 g/mol. The molecule has 0 aliphatic rings. The van der Waals surface area contributed by atoms with E-state index in [1.54, 1.807) is 31.3 Å². The Kier molecular flexibility index (Phi) is 6.61. The fourth-order valence-electron chi connectivity index (χ4n) is 3.33. The number of pyridine rings is 1. The second-order valence-electron chi connectivity index (χ2n) is 6.77. The smallest absolute Gasteiger partial charge is 0.342 e. The fourth-order valence-corrected chi connectivity index (χ4v) is 3.33. The molecule has 0 saturated carbocycles. The van der Waals surface area contributed by atoms with Gasteiger partial charge in [0.25, 0.3) is 0 Å². The van der Waals surface area contributed by atoms with Gasteiger partial charge < -0.3 is 14.6 Å². The van der Waals surface area contributed by atoms with Crippen LogP contribution in [-0.2, 0) is 22.4 Å². The van der Waals surface area contributed by atoms with E-state index in [0.717, 1.165) is 11.1 Å². The monoisotopic (exact) mass is 411 g/mol. The van der Waals surface area contributed by atoms with Crippen LogP contribution in [0.2, 0.25) is 0 Å². The first-order chi connectivity index (χ1) is 14.4. The number of ether oxygens (including phenoxy) is 2. The van der Waals surface area contributed by atoms with E-state index in [1.165, 1.54) is 19.2 Å². The Morgan fingerprint density at radius 3 is 2.50 bits per heavy atom. The lowest BCUT2D eigenvalue weighted by Crippen LogP contribution is -2.09. The zero-order chi connectivity index (χ0) is 21.7. The molecule has 0 aliphatic heterocycles. The van der Waals surface area contributed by atoms with Crippen molar-refractivity contribution in [3.05, 3.63) is 70.7 Å². The van der Waals surface area contributed by atoms with Crippen LogP contribution in [0.1, 0.15) is 40.4 Å². The third-order valence-corrected chi connectivity index (χ3v) is 4.70. The number of hydrogen-bond donors (Lipinski definition) is 1. The number of fused-ring (bicyclic) bond motifs is 1. The molecule has 0 spiro atoms. The molecule has 6 nitrogen and oxygen atoms in total. The highest BCUT2D eigenvalue weighted by Crippen LogP contribution is 2.33. The molecule has 1 heterocycles. The van der Waals surface area contributed by atoms with Crippen molar-refractivity contribution in [3.8, 4) is 5.75 Å². The number of esters is 1. The number of aromatic nitrogens is 1. The number of carbonyl (C=O) groups excluding carboxylic acids is 1. The number of halogens is 1. The summed E-state index contributed by atoms with van der Waals surface area (Å²) in [4.78, 5) is 28.0. The van der Waals surface area contributed by atoms with Gasteiger partial charge >= 0.3 is 11.9 Å². The van der Waals surface area contributed by atoms with Crippen LogP contribution in [0.25, 0.3) is 10.9 Å². The van der Waals surface area contributed by atoms with Gasteiger partial charge in [0, 0.05) is 18.0 Å². The first kappa shape index (κ1) is 21.2. The Labute approximate surface area is 173 Å². The van der Waals surface area contributed by atoms with Gasteiger partial charge in [-0.2, -0.15) is 0 Å². The zero-order valence-electron chi connectivity index (χ0n) is 16.8. The molecule has 0 amide bonds. The van der Waals surface area contributed by atoms with Crippen molar-refractivity contribution in [1.29, 1.82) is 0 Å². The maximum atomic E-state index is 13.2. The second-order valence-corrected chi connectivity index (χ2v) is 6.77. The number of hydrogen-bond acceptors (Lipinski definition) is 5. The lowest BCUT2D eigenvalue weighted by Gasteiger charge is -2.15. The number of carboxylic acids is 1. The third-order valence-electron chi connectivity index (χ3n) is 4.70. The van der Waals surface area contributed by atoms with Gasteiger partial charge in [0.2, 0.25) is 0 Å². The van der Waals surface area contributed by atoms with E-state index in [2.05, 4.69) is 4.98 Å². The number of aliphatic carboxylic acids is 1. The zero-order valence-corrected chi connectivity index (χ0v) is 16.8. The van der Waals surface area contributed by atoms with Crippen molar-refractivity contribution >= 4 is 22.8 Å². The molecule has 0 aliphatic carbocycles. The third kappa shape index (κ3) is 4.74. The SMILES string of the molecule is CCOC(=O)c1cc(CCC(=O)O)c2cc(Cc3ccc(F)cc3)cnc2c1OC. The summed E-state index contributed by atoms with van der Waals surface area (Å²) < 4.78 is 23.7. The van der Waals surface area contributed by atoms with Crippen molar-refractivity contribution < 1.29 is 28.6 Å². The molecule has 0 radical (unpaired) electrons. The quantitative estimate of drug-likeness (QED) is 0.560. The molecule has 2 aromatic carbocycles. The number of carbonyl (C=O) groups is 2. The average Bonchev–Trinajstić information content (AvgIpc) is 2.73. The van der Waals surface area contributed by atoms with E-state index in [1.807, 2.05) is 6.07 Å². The maximum Gasteiger partial charge on any atom is 0.342 e. The number of rotatable bonds is 8. The summed E-state index contributed by atoms with van der Waals surface area (Å²) in [6, 6.07) is 9.73. The second kappa shape index (κ2) is 9.35. The van der Waals surface area contributed by atoms with Crippen molar-refractivity contribution in [1.82, 2.24) is 4.98 Å². The van der Waals surface area contributed by atoms with Crippen molar-refractivity contribution in [2.45, 2.75) is 26.2 Å². The Morgan fingerprint density at radius 1 is 1.13 bits per heavy atom. The van der Waals surface area contributed by atoms with Gasteiger partial charge in [-0.1, -0.05) is 12.1 Å². The molecule has 0 saturated heterocycles. The minimum atomic E-state index is -0.938. The molecule has 0 fully saturated rings.